The number of halogens is 2. The van der Waals surface area contributed by atoms with Gasteiger partial charge in [-0.15, -0.1) is 10.2 Å². The summed E-state index contributed by atoms with van der Waals surface area (Å²) >= 11 is 5.95. The normalized spacial score (nSPS) is 23.8. The molecule has 2 saturated heterocycles. The third-order valence-corrected chi connectivity index (χ3v) is 7.88. The van der Waals surface area contributed by atoms with Crippen LogP contribution in [0.25, 0.3) is 0 Å². The van der Waals surface area contributed by atoms with Gasteiger partial charge in [0.15, 0.2) is 17.3 Å². The van der Waals surface area contributed by atoms with Crippen molar-refractivity contribution in [2.45, 2.75) is 63.7 Å². The Morgan fingerprint density at radius 1 is 1.11 bits per heavy atom. The molecule has 1 N–H and O–H groups in total. The van der Waals surface area contributed by atoms with Crippen LogP contribution in [0.15, 0.2) is 36.4 Å². The maximum atomic E-state index is 14.7. The van der Waals surface area contributed by atoms with Crippen molar-refractivity contribution in [2.24, 2.45) is 0 Å². The Labute approximate surface area is 219 Å². The van der Waals surface area contributed by atoms with Crippen LogP contribution in [0.5, 0.6) is 11.5 Å². The summed E-state index contributed by atoms with van der Waals surface area (Å²) in [7, 11) is 0. The van der Waals surface area contributed by atoms with Crippen LogP contribution in [0, 0.1) is 5.82 Å². The molecule has 8 nitrogen and oxygen atoms in total. The molecule has 0 spiro atoms. The van der Waals surface area contributed by atoms with Crippen LogP contribution in [-0.2, 0) is 30.2 Å². The van der Waals surface area contributed by atoms with Gasteiger partial charge in [-0.25, -0.2) is 4.39 Å². The SMILES string of the molecule is CC1(c2ccc(Cl)cc2F)Oc2cccc(C3CCN(Cc4nnc(CO)n4C[C@@H]4CCO4)CC3)c2O1. The average molecular weight is 529 g/mol. The zero-order valence-corrected chi connectivity index (χ0v) is 21.5. The molecule has 1 unspecified atom stereocenters. The van der Waals surface area contributed by atoms with Crippen molar-refractivity contribution in [1.82, 2.24) is 19.7 Å². The first-order valence-corrected chi connectivity index (χ1v) is 13.1. The number of hydrogen-bond acceptors (Lipinski definition) is 7. The van der Waals surface area contributed by atoms with E-state index < -0.39 is 11.6 Å². The van der Waals surface area contributed by atoms with Crippen molar-refractivity contribution in [3.63, 3.8) is 0 Å². The molecule has 196 valence electrons. The number of piperidine rings is 1. The molecule has 2 fully saturated rings. The lowest BCUT2D eigenvalue weighted by atomic mass is 9.88. The van der Waals surface area contributed by atoms with E-state index in [1.54, 1.807) is 19.1 Å². The zero-order chi connectivity index (χ0) is 25.6. The summed E-state index contributed by atoms with van der Waals surface area (Å²) in [4.78, 5) is 2.37. The summed E-state index contributed by atoms with van der Waals surface area (Å²) in [5, 5.41) is 18.6. The van der Waals surface area contributed by atoms with E-state index in [1.807, 2.05) is 16.7 Å². The molecule has 0 bridgehead atoms. The van der Waals surface area contributed by atoms with E-state index in [0.29, 0.717) is 46.9 Å². The van der Waals surface area contributed by atoms with Gasteiger partial charge in [0.25, 0.3) is 5.79 Å². The lowest BCUT2D eigenvalue weighted by molar-refractivity contribution is -0.0712. The molecule has 0 amide bonds. The molecule has 3 aliphatic rings. The number of likely N-dealkylation sites (tertiary alicyclic amines) is 1. The minimum Gasteiger partial charge on any atom is -0.444 e. The van der Waals surface area contributed by atoms with E-state index in [4.69, 9.17) is 25.8 Å². The van der Waals surface area contributed by atoms with Crippen LogP contribution in [0.2, 0.25) is 5.02 Å². The standard InChI is InChI=1S/C27H30ClFN4O4/c1-27(21-6-5-18(28)13-22(21)29)36-23-4-2-3-20(26(23)37-27)17-7-10-32(11-8-17)15-24-30-31-25(16-34)33(24)14-19-9-12-35-19/h2-6,13,17,19,34H,7-12,14-16H2,1H3/t19-,27?/m0/s1. The Morgan fingerprint density at radius 2 is 1.89 bits per heavy atom. The fourth-order valence-electron chi connectivity index (χ4n) is 5.49. The summed E-state index contributed by atoms with van der Waals surface area (Å²) < 4.78 is 34.8. The number of benzene rings is 2. The third kappa shape index (κ3) is 4.69. The Bertz CT molecular complexity index is 1290. The lowest BCUT2D eigenvalue weighted by Crippen LogP contribution is -2.36. The largest absolute Gasteiger partial charge is 0.444 e. The quantitative estimate of drug-likeness (QED) is 0.487. The first-order chi connectivity index (χ1) is 17.9. The molecule has 37 heavy (non-hydrogen) atoms. The highest BCUT2D eigenvalue weighted by molar-refractivity contribution is 6.30. The maximum absolute atomic E-state index is 14.7. The van der Waals surface area contributed by atoms with Crippen molar-refractivity contribution in [1.29, 1.82) is 0 Å². The molecule has 0 radical (unpaired) electrons. The van der Waals surface area contributed by atoms with E-state index in [1.165, 1.54) is 6.07 Å². The Morgan fingerprint density at radius 3 is 2.59 bits per heavy atom. The van der Waals surface area contributed by atoms with Gasteiger partial charge in [0.05, 0.1) is 24.8 Å². The second-order valence-electron chi connectivity index (χ2n) is 10.1. The third-order valence-electron chi connectivity index (χ3n) is 7.65. The summed E-state index contributed by atoms with van der Waals surface area (Å²) in [6.07, 6.45) is 3.07. The first-order valence-electron chi connectivity index (χ1n) is 12.8. The number of para-hydroxylation sites is 1. The van der Waals surface area contributed by atoms with Crippen molar-refractivity contribution in [3.8, 4) is 11.5 Å². The molecule has 10 heteroatoms. The molecule has 3 aromatic rings. The second kappa shape index (κ2) is 9.87. The molecule has 0 aliphatic carbocycles. The van der Waals surface area contributed by atoms with Gasteiger partial charge in [-0.3, -0.25) is 4.90 Å². The van der Waals surface area contributed by atoms with Crippen LogP contribution in [0.3, 0.4) is 0 Å². The van der Waals surface area contributed by atoms with E-state index >= 15 is 0 Å². The van der Waals surface area contributed by atoms with Crippen molar-refractivity contribution in [2.75, 3.05) is 19.7 Å². The minimum absolute atomic E-state index is 0.137. The molecule has 2 aromatic carbocycles. The number of aliphatic hydroxyl groups is 1. The Hall–Kier alpha value is -2.72. The Kier molecular flexibility index (Phi) is 6.56. The summed E-state index contributed by atoms with van der Waals surface area (Å²) in [6, 6.07) is 10.4. The molecule has 3 aliphatic heterocycles. The second-order valence-corrected chi connectivity index (χ2v) is 10.5. The lowest BCUT2D eigenvalue weighted by Gasteiger charge is -2.33. The van der Waals surface area contributed by atoms with Gasteiger partial charge in [0, 0.05) is 24.1 Å². The molecular weight excluding hydrogens is 499 g/mol. The molecule has 1 aromatic heterocycles. The fraction of sp³-hybridized carbons (Fsp3) is 0.481. The average Bonchev–Trinajstić information content (AvgIpc) is 3.41. The van der Waals surface area contributed by atoms with Gasteiger partial charge in [0.1, 0.15) is 18.2 Å². The number of nitrogens with zero attached hydrogens (tertiary/aromatic N) is 4. The zero-order valence-electron chi connectivity index (χ0n) is 20.7. The molecular formula is C27H30ClFN4O4. The van der Waals surface area contributed by atoms with Crippen LogP contribution < -0.4 is 9.47 Å². The smallest absolute Gasteiger partial charge is 0.278 e. The van der Waals surface area contributed by atoms with E-state index in [9.17, 15) is 9.50 Å². The van der Waals surface area contributed by atoms with Crippen LogP contribution in [0.1, 0.15) is 54.9 Å². The van der Waals surface area contributed by atoms with Crippen molar-refractivity contribution in [3.05, 3.63) is 70.0 Å². The molecule has 0 saturated carbocycles. The highest BCUT2D eigenvalue weighted by Gasteiger charge is 2.43. The number of aromatic nitrogens is 3. The minimum atomic E-state index is -1.26. The summed E-state index contributed by atoms with van der Waals surface area (Å²) in [5.74, 6) is 1.33. The van der Waals surface area contributed by atoms with Crippen LogP contribution in [-0.4, -0.2) is 50.6 Å². The van der Waals surface area contributed by atoms with Crippen molar-refractivity contribution < 1.29 is 23.7 Å². The fourth-order valence-corrected chi connectivity index (χ4v) is 5.65. The van der Waals surface area contributed by atoms with Crippen LogP contribution in [0.4, 0.5) is 4.39 Å². The number of ether oxygens (including phenoxy) is 3. The summed E-state index contributed by atoms with van der Waals surface area (Å²) in [6.45, 7) is 5.51. The highest BCUT2D eigenvalue weighted by atomic mass is 35.5. The maximum Gasteiger partial charge on any atom is 0.278 e. The topological polar surface area (TPSA) is 81.9 Å². The van der Waals surface area contributed by atoms with Gasteiger partial charge in [-0.05, 0) is 62.5 Å². The monoisotopic (exact) mass is 528 g/mol. The number of fused-ring (bicyclic) bond motifs is 1. The van der Waals surface area contributed by atoms with Gasteiger partial charge >= 0.3 is 0 Å². The predicted octanol–water partition coefficient (Wildman–Crippen LogP) is 4.38. The van der Waals surface area contributed by atoms with E-state index in [2.05, 4.69) is 21.2 Å². The Balaban J connectivity index is 1.14. The van der Waals surface area contributed by atoms with E-state index in [0.717, 1.165) is 50.3 Å². The predicted molar refractivity (Wildman–Crippen MR) is 134 cm³/mol. The summed E-state index contributed by atoms with van der Waals surface area (Å²) in [5.41, 5.74) is 1.40. The first kappa shape index (κ1) is 24.6. The van der Waals surface area contributed by atoms with E-state index in [-0.39, 0.29) is 12.7 Å². The van der Waals surface area contributed by atoms with Crippen LogP contribution >= 0.6 is 11.6 Å². The van der Waals surface area contributed by atoms with Gasteiger partial charge in [0.2, 0.25) is 0 Å². The highest BCUT2D eigenvalue weighted by Crippen LogP contribution is 2.49. The van der Waals surface area contributed by atoms with Gasteiger partial charge < -0.3 is 23.9 Å². The number of rotatable bonds is 7. The molecule has 6 rings (SSSR count). The van der Waals surface area contributed by atoms with Gasteiger partial charge in [-0.2, -0.15) is 0 Å². The van der Waals surface area contributed by atoms with Crippen molar-refractivity contribution >= 4 is 11.6 Å². The molecule has 2 atom stereocenters. The molecule has 4 heterocycles. The number of hydrogen-bond donors (Lipinski definition) is 1. The number of aliphatic hydroxyl groups excluding tert-OH is 1. The van der Waals surface area contributed by atoms with Gasteiger partial charge in [-0.1, -0.05) is 23.7 Å².